The van der Waals surface area contributed by atoms with Crippen molar-refractivity contribution in [3.05, 3.63) is 101 Å². The van der Waals surface area contributed by atoms with Crippen molar-refractivity contribution in [1.82, 2.24) is 19.4 Å². The molecule has 2 aromatic heterocycles. The summed E-state index contributed by atoms with van der Waals surface area (Å²) in [5.41, 5.74) is 2.84. The average molecular weight is 696 g/mol. The van der Waals surface area contributed by atoms with Gasteiger partial charge in [-0.3, -0.25) is 19.2 Å². The highest BCUT2D eigenvalue weighted by atomic mass is 35.5. The Kier molecular flexibility index (Phi) is 9.00. The lowest BCUT2D eigenvalue weighted by Crippen LogP contribution is -2.44. The number of rotatable bonds is 10. The number of amides is 2. The Balaban J connectivity index is 1.10. The van der Waals surface area contributed by atoms with E-state index in [-0.39, 0.29) is 48.2 Å². The summed E-state index contributed by atoms with van der Waals surface area (Å²) >= 11 is 6.27. The first-order chi connectivity index (χ1) is 24.1. The zero-order chi connectivity index (χ0) is 35.1. The van der Waals surface area contributed by atoms with E-state index in [0.717, 1.165) is 17.7 Å². The first kappa shape index (κ1) is 33.2. The first-order valence-electron chi connectivity index (χ1n) is 16.3. The number of hydrogen-bond acceptors (Lipinski definition) is 6. The first-order valence-corrected chi connectivity index (χ1v) is 16.7. The van der Waals surface area contributed by atoms with Crippen LogP contribution in [0.4, 0.5) is 14.5 Å². The van der Waals surface area contributed by atoms with Gasteiger partial charge in [0, 0.05) is 69.6 Å². The minimum absolute atomic E-state index is 0.0818. The normalized spacial score (nSPS) is 17.2. The number of fused-ring (bicyclic) bond motifs is 1. The largest absolute Gasteiger partial charge is 0.337 e. The number of likely N-dealkylation sites (tertiary alicyclic amines) is 1. The summed E-state index contributed by atoms with van der Waals surface area (Å²) in [7, 11) is 0. The number of aromatic nitrogens is 3. The summed E-state index contributed by atoms with van der Waals surface area (Å²) in [6, 6.07) is 15.4. The molecule has 9 nitrogen and oxygen atoms in total. The number of nitrogens with one attached hydrogen (secondary N) is 1. The highest BCUT2D eigenvalue weighted by Crippen LogP contribution is 2.35. The number of nitrogens with zero attached hydrogens (tertiary/aromatic N) is 4. The van der Waals surface area contributed by atoms with E-state index in [2.05, 4.69) is 15.3 Å². The van der Waals surface area contributed by atoms with Crippen molar-refractivity contribution in [2.24, 2.45) is 5.92 Å². The molecule has 2 atom stereocenters. The summed E-state index contributed by atoms with van der Waals surface area (Å²) in [5, 5.41) is 3.47. The Morgan fingerprint density at radius 2 is 1.70 bits per heavy atom. The molecule has 1 aliphatic carbocycles. The Labute approximate surface area is 291 Å². The molecule has 3 heterocycles. The Morgan fingerprint density at radius 1 is 0.960 bits per heavy atom. The van der Waals surface area contributed by atoms with Crippen molar-refractivity contribution in [3.8, 4) is 22.3 Å². The van der Waals surface area contributed by atoms with Gasteiger partial charge < -0.3 is 14.8 Å². The van der Waals surface area contributed by atoms with Gasteiger partial charge in [-0.15, -0.1) is 0 Å². The van der Waals surface area contributed by atoms with E-state index in [1.165, 1.54) is 19.1 Å². The van der Waals surface area contributed by atoms with Crippen LogP contribution in [0.25, 0.3) is 33.2 Å². The van der Waals surface area contributed by atoms with E-state index < -0.39 is 29.8 Å². The number of carbonyl (C=O) groups is 4. The maximum absolute atomic E-state index is 15.6. The van der Waals surface area contributed by atoms with Crippen LogP contribution in [0.2, 0.25) is 5.02 Å². The molecule has 50 heavy (non-hydrogen) atoms. The monoisotopic (exact) mass is 695 g/mol. The van der Waals surface area contributed by atoms with Gasteiger partial charge in [-0.2, -0.15) is 0 Å². The van der Waals surface area contributed by atoms with Crippen LogP contribution in [0.1, 0.15) is 53.6 Å². The topological polar surface area (TPSA) is 114 Å². The molecule has 2 aliphatic rings. The maximum atomic E-state index is 15.6. The molecule has 12 heteroatoms. The Bertz CT molecular complexity index is 2160. The summed E-state index contributed by atoms with van der Waals surface area (Å²) < 4.78 is 32.0. The fraction of sp³-hybridized carbons (Fsp3) is 0.263. The molecule has 1 N–H and O–H groups in total. The van der Waals surface area contributed by atoms with E-state index in [4.69, 9.17) is 11.6 Å². The number of hydrogen-bond donors (Lipinski definition) is 1. The molecule has 2 fully saturated rings. The number of carbonyl (C=O) groups excluding carboxylic acids is 4. The second kappa shape index (κ2) is 13.5. The summed E-state index contributed by atoms with van der Waals surface area (Å²) in [6.45, 7) is 0.851. The van der Waals surface area contributed by atoms with Crippen molar-refractivity contribution < 1.29 is 28.0 Å². The predicted molar refractivity (Wildman–Crippen MR) is 185 cm³/mol. The molecule has 3 aromatic carbocycles. The number of halogens is 3. The van der Waals surface area contributed by atoms with Crippen LogP contribution in [0.5, 0.6) is 0 Å². The van der Waals surface area contributed by atoms with Crippen molar-refractivity contribution in [2.75, 3.05) is 11.9 Å². The smallest absolute Gasteiger partial charge is 0.247 e. The number of anilines is 1. The number of ketones is 2. The lowest BCUT2D eigenvalue weighted by molar-refractivity contribution is -0.137. The van der Waals surface area contributed by atoms with Crippen LogP contribution >= 0.6 is 11.6 Å². The standard InChI is InChI=1S/C38H32ClF2N5O4/c1-21(47)29-19-45(32-12-11-23(14-28(29)32)24-16-42-37(43-17-24)34(48)13-22-9-10-22)20-35(49)46-18-25(40)15-33(46)38(50)44-31-8-4-6-27(36(31)41)26-5-2-3-7-30(26)39/h2-8,11-12,14,16-17,19,22,25,33H,9-10,13,15,18,20H2,1H3,(H,44,50)/t25-,33+/m1/s1. The highest BCUT2D eigenvalue weighted by molar-refractivity contribution is 6.33. The van der Waals surface area contributed by atoms with E-state index in [0.29, 0.717) is 50.5 Å². The van der Waals surface area contributed by atoms with Gasteiger partial charge in [0.2, 0.25) is 11.8 Å². The molecule has 1 saturated carbocycles. The van der Waals surface area contributed by atoms with Crippen LogP contribution in [0.15, 0.2) is 79.3 Å². The molecule has 5 aromatic rings. The van der Waals surface area contributed by atoms with Crippen molar-refractivity contribution in [3.63, 3.8) is 0 Å². The molecule has 0 radical (unpaired) electrons. The molecule has 1 saturated heterocycles. The van der Waals surface area contributed by atoms with Gasteiger partial charge in [-0.25, -0.2) is 18.7 Å². The van der Waals surface area contributed by atoms with E-state index in [1.807, 2.05) is 0 Å². The molecule has 0 bridgehead atoms. The third kappa shape index (κ3) is 6.65. The van der Waals surface area contributed by atoms with Crippen molar-refractivity contribution in [2.45, 2.75) is 51.4 Å². The van der Waals surface area contributed by atoms with Gasteiger partial charge in [0.05, 0.1) is 12.2 Å². The minimum Gasteiger partial charge on any atom is -0.337 e. The van der Waals surface area contributed by atoms with Crippen molar-refractivity contribution >= 4 is 51.6 Å². The third-order valence-electron chi connectivity index (χ3n) is 9.27. The molecular formula is C38H32ClF2N5O4. The molecule has 0 spiro atoms. The van der Waals surface area contributed by atoms with Crippen LogP contribution in [-0.4, -0.2) is 61.6 Å². The summed E-state index contributed by atoms with van der Waals surface area (Å²) in [4.78, 5) is 61.9. The minimum atomic E-state index is -1.46. The summed E-state index contributed by atoms with van der Waals surface area (Å²) in [6.07, 6.45) is 5.58. The molecule has 2 amide bonds. The van der Waals surface area contributed by atoms with Crippen LogP contribution < -0.4 is 5.32 Å². The SMILES string of the molecule is CC(=O)c1cn(CC(=O)N2C[C@H](F)C[C@H]2C(=O)Nc2cccc(-c3ccccc3Cl)c2F)c2ccc(-c3cnc(C(=O)CC4CC4)nc3)cc12. The predicted octanol–water partition coefficient (Wildman–Crippen LogP) is 7.32. The fourth-order valence-electron chi connectivity index (χ4n) is 6.46. The summed E-state index contributed by atoms with van der Waals surface area (Å²) in [5.74, 6) is -1.67. The molecule has 7 rings (SSSR count). The van der Waals surface area contributed by atoms with Gasteiger partial charge in [-0.1, -0.05) is 48.0 Å². The quantitative estimate of drug-likeness (QED) is 0.153. The second-order valence-corrected chi connectivity index (χ2v) is 13.3. The van der Waals surface area contributed by atoms with E-state index in [9.17, 15) is 23.6 Å². The number of Topliss-reactive ketones (excluding diaryl/α,β-unsaturated/α-hetero) is 2. The average Bonchev–Trinajstić information content (AvgIpc) is 3.72. The number of alkyl halides is 1. The van der Waals surface area contributed by atoms with E-state index in [1.54, 1.807) is 71.7 Å². The van der Waals surface area contributed by atoms with Crippen molar-refractivity contribution in [1.29, 1.82) is 0 Å². The van der Waals surface area contributed by atoms with Gasteiger partial charge in [0.1, 0.15) is 18.8 Å². The Hall–Kier alpha value is -5.29. The zero-order valence-corrected chi connectivity index (χ0v) is 27.8. The van der Waals surface area contributed by atoms with Gasteiger partial charge in [0.15, 0.2) is 23.2 Å². The van der Waals surface area contributed by atoms with E-state index >= 15 is 4.39 Å². The molecule has 254 valence electrons. The third-order valence-corrected chi connectivity index (χ3v) is 9.59. The maximum Gasteiger partial charge on any atom is 0.247 e. The number of benzene rings is 3. The fourth-order valence-corrected chi connectivity index (χ4v) is 6.70. The van der Waals surface area contributed by atoms with Gasteiger partial charge >= 0.3 is 0 Å². The van der Waals surface area contributed by atoms with Crippen LogP contribution in [0, 0.1) is 11.7 Å². The Morgan fingerprint density at radius 3 is 2.42 bits per heavy atom. The van der Waals surface area contributed by atoms with Crippen LogP contribution in [-0.2, 0) is 16.1 Å². The molecule has 1 aliphatic heterocycles. The lowest BCUT2D eigenvalue weighted by atomic mass is 10.0. The van der Waals surface area contributed by atoms with Gasteiger partial charge in [0.25, 0.3) is 0 Å². The zero-order valence-electron chi connectivity index (χ0n) is 27.0. The lowest BCUT2D eigenvalue weighted by Gasteiger charge is -2.24. The molecular weight excluding hydrogens is 664 g/mol. The van der Waals surface area contributed by atoms with Gasteiger partial charge in [-0.05, 0) is 55.5 Å². The van der Waals surface area contributed by atoms with Crippen LogP contribution in [0.3, 0.4) is 0 Å². The molecule has 0 unspecified atom stereocenters. The second-order valence-electron chi connectivity index (χ2n) is 12.9. The highest BCUT2D eigenvalue weighted by Gasteiger charge is 2.40.